The largest absolute Gasteiger partial charge is 0.444 e. The van der Waals surface area contributed by atoms with Crippen LogP contribution >= 0.6 is 0 Å². The number of hydrogen-bond donors (Lipinski definition) is 1. The van der Waals surface area contributed by atoms with E-state index < -0.39 is 0 Å². The van der Waals surface area contributed by atoms with E-state index >= 15 is 0 Å². The van der Waals surface area contributed by atoms with E-state index in [4.69, 9.17) is 4.74 Å². The summed E-state index contributed by atoms with van der Waals surface area (Å²) in [5, 5.41) is 2.36. The highest BCUT2D eigenvalue weighted by atomic mass is 16.6. The predicted octanol–water partition coefficient (Wildman–Crippen LogP) is 1.78. The minimum Gasteiger partial charge on any atom is -0.444 e. The van der Waals surface area contributed by atoms with Crippen LogP contribution in [0, 0.1) is 0 Å². The van der Waals surface area contributed by atoms with Crippen LogP contribution in [0.15, 0.2) is 0 Å². The maximum atomic E-state index is 10.5. The fraction of sp³-hybridized carbons (Fsp3) is 0.857. The van der Waals surface area contributed by atoms with E-state index in [1.54, 1.807) is 0 Å². The third kappa shape index (κ3) is 7.27. The van der Waals surface area contributed by atoms with Gasteiger partial charge in [-0.3, -0.25) is 0 Å². The van der Waals surface area contributed by atoms with E-state index in [-0.39, 0.29) is 19.1 Å². The summed E-state index contributed by atoms with van der Waals surface area (Å²) in [4.78, 5) is 10.5. The molecule has 10 heavy (non-hydrogen) atoms. The molecule has 0 aromatic heterocycles. The van der Waals surface area contributed by atoms with Gasteiger partial charge < -0.3 is 10.1 Å². The summed E-state index contributed by atoms with van der Waals surface area (Å²) < 4.78 is 4.84. The normalized spacial score (nSPS) is 9.60. The zero-order valence-corrected chi connectivity index (χ0v) is 6.32. The Morgan fingerprint density at radius 3 is 1.90 bits per heavy atom. The van der Waals surface area contributed by atoms with E-state index in [0.29, 0.717) is 0 Å². The summed E-state index contributed by atoms with van der Waals surface area (Å²) in [5.41, 5.74) is -0.389. The molecule has 0 spiro atoms. The number of carbonyl (C=O) groups excluding carboxylic acids is 1. The Bertz CT molecular complexity index is 105. The van der Waals surface area contributed by atoms with E-state index in [0.717, 1.165) is 0 Å². The van der Waals surface area contributed by atoms with E-state index in [2.05, 4.69) is 5.32 Å². The maximum absolute atomic E-state index is 10.5. The second-order valence-corrected chi connectivity index (χ2v) is 2.75. The molecule has 0 bridgehead atoms. The van der Waals surface area contributed by atoms with Crippen molar-refractivity contribution < 1.29 is 9.53 Å². The van der Waals surface area contributed by atoms with Crippen molar-refractivity contribution >= 4 is 6.09 Å². The van der Waals surface area contributed by atoms with Crippen molar-refractivity contribution in [2.24, 2.45) is 0 Å². The first-order valence-electron chi connectivity index (χ1n) is 2.86. The molecule has 0 aliphatic rings. The van der Waals surface area contributed by atoms with Crippen LogP contribution in [0.25, 0.3) is 0 Å². The third-order valence-electron chi connectivity index (χ3n) is 0.603. The van der Waals surface area contributed by atoms with E-state index in [1.807, 2.05) is 20.8 Å². The van der Waals surface area contributed by atoms with Crippen LogP contribution in [0.5, 0.6) is 0 Å². The summed E-state index contributed by atoms with van der Waals surface area (Å²) in [7, 11) is 1.54. The maximum Gasteiger partial charge on any atom is 0.407 e. The second-order valence-electron chi connectivity index (χ2n) is 2.75. The lowest BCUT2D eigenvalue weighted by atomic mass is 10.2. The third-order valence-corrected chi connectivity index (χ3v) is 0.603. The molecule has 0 radical (unpaired) electrons. The van der Waals surface area contributed by atoms with Crippen LogP contribution < -0.4 is 5.32 Å². The van der Waals surface area contributed by atoms with Gasteiger partial charge >= 0.3 is 6.09 Å². The van der Waals surface area contributed by atoms with Crippen LogP contribution in [0.3, 0.4) is 0 Å². The molecule has 0 aliphatic heterocycles. The Labute approximate surface area is 62.8 Å². The quantitative estimate of drug-likeness (QED) is 0.567. The SMILES string of the molecule is C.CNC(=O)OC(C)(C)C. The van der Waals surface area contributed by atoms with Gasteiger partial charge in [0.25, 0.3) is 0 Å². The number of rotatable bonds is 0. The highest BCUT2D eigenvalue weighted by Gasteiger charge is 2.13. The summed E-state index contributed by atoms with van der Waals surface area (Å²) >= 11 is 0. The van der Waals surface area contributed by atoms with Crippen molar-refractivity contribution in [3.8, 4) is 0 Å². The van der Waals surface area contributed by atoms with Crippen molar-refractivity contribution in [1.29, 1.82) is 0 Å². The first-order chi connectivity index (χ1) is 3.95. The lowest BCUT2D eigenvalue weighted by molar-refractivity contribution is 0.0541. The molecule has 0 aromatic carbocycles. The number of ether oxygens (including phenoxy) is 1. The van der Waals surface area contributed by atoms with Crippen LogP contribution in [0.1, 0.15) is 28.2 Å². The molecule has 0 aliphatic carbocycles. The molecule has 1 N–H and O–H groups in total. The topological polar surface area (TPSA) is 38.3 Å². The molecule has 3 nitrogen and oxygen atoms in total. The number of carbonyl (C=O) groups is 1. The Kier molecular flexibility index (Phi) is 4.97. The molecular formula is C7H17NO2. The smallest absolute Gasteiger partial charge is 0.407 e. The number of alkyl carbamates (subject to hydrolysis) is 1. The van der Waals surface area contributed by atoms with Gasteiger partial charge in [-0.25, -0.2) is 4.79 Å². The molecule has 0 saturated carbocycles. The van der Waals surface area contributed by atoms with Crippen LogP contribution in [-0.2, 0) is 4.74 Å². The molecule has 0 aromatic rings. The van der Waals surface area contributed by atoms with Gasteiger partial charge in [-0.05, 0) is 20.8 Å². The summed E-state index contributed by atoms with van der Waals surface area (Å²) in [5.74, 6) is 0. The minimum atomic E-state index is -0.389. The first kappa shape index (κ1) is 12.0. The lowest BCUT2D eigenvalue weighted by Crippen LogP contribution is -2.30. The van der Waals surface area contributed by atoms with Gasteiger partial charge in [-0.2, -0.15) is 0 Å². The molecule has 0 saturated heterocycles. The summed E-state index contributed by atoms with van der Waals surface area (Å²) in [6, 6.07) is 0. The average Bonchev–Trinajstić information content (AvgIpc) is 1.62. The Balaban J connectivity index is 0. The van der Waals surface area contributed by atoms with Gasteiger partial charge in [0.05, 0.1) is 0 Å². The molecule has 0 rings (SSSR count). The fourth-order valence-corrected chi connectivity index (χ4v) is 0.329. The van der Waals surface area contributed by atoms with Gasteiger partial charge in [0.1, 0.15) is 5.60 Å². The Morgan fingerprint density at radius 1 is 1.40 bits per heavy atom. The second kappa shape index (κ2) is 4.14. The minimum absolute atomic E-state index is 0. The molecule has 0 heterocycles. The zero-order valence-electron chi connectivity index (χ0n) is 6.32. The van der Waals surface area contributed by atoms with Crippen molar-refractivity contribution in [3.63, 3.8) is 0 Å². The first-order valence-corrected chi connectivity index (χ1v) is 2.86. The van der Waals surface area contributed by atoms with Gasteiger partial charge in [0.15, 0.2) is 0 Å². The van der Waals surface area contributed by atoms with Crippen LogP contribution in [-0.4, -0.2) is 18.7 Å². The highest BCUT2D eigenvalue weighted by Crippen LogP contribution is 2.05. The zero-order chi connectivity index (χ0) is 7.49. The van der Waals surface area contributed by atoms with Gasteiger partial charge in [-0.15, -0.1) is 0 Å². The fourth-order valence-electron chi connectivity index (χ4n) is 0.329. The van der Waals surface area contributed by atoms with Crippen molar-refractivity contribution in [3.05, 3.63) is 0 Å². The van der Waals surface area contributed by atoms with Crippen molar-refractivity contribution in [2.45, 2.75) is 33.8 Å². The van der Waals surface area contributed by atoms with E-state index in [1.165, 1.54) is 7.05 Å². The van der Waals surface area contributed by atoms with Crippen LogP contribution in [0.4, 0.5) is 4.79 Å². The van der Waals surface area contributed by atoms with E-state index in [9.17, 15) is 4.79 Å². The van der Waals surface area contributed by atoms with Gasteiger partial charge in [0.2, 0.25) is 0 Å². The molecule has 1 amide bonds. The molecule has 3 heteroatoms. The van der Waals surface area contributed by atoms with Gasteiger partial charge in [0, 0.05) is 7.05 Å². The molecular weight excluding hydrogens is 130 g/mol. The van der Waals surface area contributed by atoms with Crippen molar-refractivity contribution in [1.82, 2.24) is 5.32 Å². The predicted molar refractivity (Wildman–Crippen MR) is 42.0 cm³/mol. The summed E-state index contributed by atoms with van der Waals surface area (Å²) in [6.45, 7) is 5.46. The number of hydrogen-bond acceptors (Lipinski definition) is 2. The molecule has 0 atom stereocenters. The summed E-state index contributed by atoms with van der Waals surface area (Å²) in [6.07, 6.45) is -0.387. The molecule has 0 fully saturated rings. The average molecular weight is 147 g/mol. The van der Waals surface area contributed by atoms with Crippen LogP contribution in [0.2, 0.25) is 0 Å². The van der Waals surface area contributed by atoms with Crippen molar-refractivity contribution in [2.75, 3.05) is 7.05 Å². The van der Waals surface area contributed by atoms with Gasteiger partial charge in [-0.1, -0.05) is 7.43 Å². The highest BCUT2D eigenvalue weighted by molar-refractivity contribution is 5.67. The lowest BCUT2D eigenvalue weighted by Gasteiger charge is -2.18. The number of nitrogens with one attached hydrogen (secondary N) is 1. The molecule has 62 valence electrons. The number of amides is 1. The monoisotopic (exact) mass is 147 g/mol. The molecule has 0 unspecified atom stereocenters. The standard InChI is InChI=1S/C6H13NO2.CH4/c1-6(2,3)9-5(8)7-4;/h1-4H3,(H,7,8);1H4. The Hall–Kier alpha value is -0.730. The Morgan fingerprint density at radius 2 is 1.80 bits per heavy atom.